The van der Waals surface area contributed by atoms with E-state index in [-0.39, 0.29) is 4.90 Å². The van der Waals surface area contributed by atoms with E-state index in [1.165, 1.54) is 19.1 Å². The smallest absolute Gasteiger partial charge is 0.194 e. The molecule has 0 radical (unpaired) electrons. The third-order valence-corrected chi connectivity index (χ3v) is 4.26. The number of benzene rings is 1. The highest BCUT2D eigenvalue weighted by molar-refractivity contribution is 7.93. The van der Waals surface area contributed by atoms with Crippen LogP contribution >= 0.6 is 23.2 Å². The first kappa shape index (κ1) is 10.8. The highest BCUT2D eigenvalue weighted by atomic mass is 35.5. The highest BCUT2D eigenvalue weighted by Crippen LogP contribution is 2.21. The van der Waals surface area contributed by atoms with Gasteiger partial charge in [0.1, 0.15) is 4.71 Å². The second-order valence-electron chi connectivity index (χ2n) is 2.55. The summed E-state index contributed by atoms with van der Waals surface area (Å²) >= 11 is 11.2. The van der Waals surface area contributed by atoms with Crippen LogP contribution in [-0.2, 0) is 9.84 Å². The third kappa shape index (κ3) is 2.36. The van der Waals surface area contributed by atoms with Crippen LogP contribution in [0.5, 0.6) is 0 Å². The Labute approximate surface area is 87.4 Å². The van der Waals surface area contributed by atoms with E-state index in [9.17, 15) is 8.42 Å². The van der Waals surface area contributed by atoms with Gasteiger partial charge in [-0.15, -0.1) is 11.6 Å². The average Bonchev–Trinajstić information content (AvgIpc) is 2.04. The zero-order valence-corrected chi connectivity index (χ0v) is 9.20. The van der Waals surface area contributed by atoms with E-state index in [4.69, 9.17) is 23.2 Å². The van der Waals surface area contributed by atoms with Crippen molar-refractivity contribution in [3.8, 4) is 0 Å². The molecule has 1 aromatic rings. The number of alkyl halides is 1. The van der Waals surface area contributed by atoms with Crippen molar-refractivity contribution in [2.75, 3.05) is 0 Å². The Morgan fingerprint density at radius 3 is 2.46 bits per heavy atom. The molecule has 0 aromatic heterocycles. The second kappa shape index (κ2) is 3.86. The molecular weight excluding hydrogens is 231 g/mol. The molecule has 0 aliphatic rings. The largest absolute Gasteiger partial charge is 0.222 e. The molecule has 0 fully saturated rings. The van der Waals surface area contributed by atoms with Gasteiger partial charge in [0.25, 0.3) is 0 Å². The van der Waals surface area contributed by atoms with Crippen LogP contribution in [0.3, 0.4) is 0 Å². The van der Waals surface area contributed by atoms with Crippen LogP contribution in [-0.4, -0.2) is 13.1 Å². The predicted octanol–water partition coefficient (Wildman–Crippen LogP) is 2.70. The number of halogens is 2. The molecule has 1 rings (SSSR count). The maximum absolute atomic E-state index is 11.5. The molecule has 5 heteroatoms. The van der Waals surface area contributed by atoms with Crippen LogP contribution in [0.4, 0.5) is 0 Å². The van der Waals surface area contributed by atoms with Crippen LogP contribution < -0.4 is 0 Å². The molecule has 1 aromatic carbocycles. The van der Waals surface area contributed by atoms with Crippen molar-refractivity contribution >= 4 is 33.0 Å². The topological polar surface area (TPSA) is 34.1 Å². The van der Waals surface area contributed by atoms with Crippen molar-refractivity contribution in [3.63, 3.8) is 0 Å². The normalized spacial score (nSPS) is 14.1. The molecule has 0 aliphatic heterocycles. The highest BCUT2D eigenvalue weighted by Gasteiger charge is 2.20. The van der Waals surface area contributed by atoms with E-state index in [1.807, 2.05) is 0 Å². The first-order chi connectivity index (χ1) is 5.94. The van der Waals surface area contributed by atoms with Crippen molar-refractivity contribution in [2.45, 2.75) is 16.5 Å². The van der Waals surface area contributed by atoms with Crippen molar-refractivity contribution in [2.24, 2.45) is 0 Å². The van der Waals surface area contributed by atoms with E-state index in [2.05, 4.69) is 0 Å². The summed E-state index contributed by atoms with van der Waals surface area (Å²) in [5.41, 5.74) is 0. The summed E-state index contributed by atoms with van der Waals surface area (Å²) in [6.45, 7) is 1.41. The molecule has 0 spiro atoms. The molecule has 0 amide bonds. The van der Waals surface area contributed by atoms with Crippen molar-refractivity contribution < 1.29 is 8.42 Å². The zero-order valence-electron chi connectivity index (χ0n) is 6.87. The minimum Gasteiger partial charge on any atom is -0.222 e. The second-order valence-corrected chi connectivity index (χ2v) is 6.16. The van der Waals surface area contributed by atoms with E-state index in [0.717, 1.165) is 0 Å². The van der Waals surface area contributed by atoms with E-state index >= 15 is 0 Å². The van der Waals surface area contributed by atoms with Crippen LogP contribution in [0.25, 0.3) is 0 Å². The summed E-state index contributed by atoms with van der Waals surface area (Å²) in [7, 11) is -3.42. The van der Waals surface area contributed by atoms with Crippen LogP contribution in [0.1, 0.15) is 6.92 Å². The summed E-state index contributed by atoms with van der Waals surface area (Å²) in [6, 6.07) is 6.05. The molecule has 0 unspecified atom stereocenters. The fourth-order valence-corrected chi connectivity index (χ4v) is 2.33. The van der Waals surface area contributed by atoms with Crippen LogP contribution in [0.15, 0.2) is 29.2 Å². The lowest BCUT2D eigenvalue weighted by Gasteiger charge is -2.05. The van der Waals surface area contributed by atoms with Gasteiger partial charge in [-0.05, 0) is 25.1 Å². The molecule has 0 heterocycles. The molecule has 0 N–H and O–H groups in total. The summed E-state index contributed by atoms with van der Waals surface area (Å²) in [4.78, 5) is 0.155. The van der Waals surface area contributed by atoms with Crippen molar-refractivity contribution in [3.05, 3.63) is 29.3 Å². The predicted molar refractivity (Wildman–Crippen MR) is 54.0 cm³/mol. The lowest BCUT2D eigenvalue weighted by atomic mass is 10.4. The molecule has 0 aliphatic carbocycles. The van der Waals surface area contributed by atoms with Gasteiger partial charge in [0.2, 0.25) is 0 Å². The number of hydrogen-bond donors (Lipinski definition) is 0. The Hall–Kier alpha value is -0.250. The SMILES string of the molecule is C[C@@H](Cl)S(=O)(=O)c1cccc(Cl)c1. The fraction of sp³-hybridized carbons (Fsp3) is 0.250. The Bertz CT molecular complexity index is 398. The van der Waals surface area contributed by atoms with Gasteiger partial charge < -0.3 is 0 Å². The molecule has 0 bridgehead atoms. The van der Waals surface area contributed by atoms with E-state index < -0.39 is 14.5 Å². The van der Waals surface area contributed by atoms with Gasteiger partial charge in [-0.3, -0.25) is 0 Å². The summed E-state index contributed by atoms with van der Waals surface area (Å²) in [5.74, 6) is 0. The molecule has 13 heavy (non-hydrogen) atoms. The van der Waals surface area contributed by atoms with Gasteiger partial charge in [-0.2, -0.15) is 0 Å². The van der Waals surface area contributed by atoms with Crippen molar-refractivity contribution in [1.29, 1.82) is 0 Å². The molecule has 2 nitrogen and oxygen atoms in total. The van der Waals surface area contributed by atoms with E-state index in [1.54, 1.807) is 12.1 Å². The number of rotatable bonds is 2. The number of hydrogen-bond acceptors (Lipinski definition) is 2. The maximum atomic E-state index is 11.5. The fourth-order valence-electron chi connectivity index (χ4n) is 0.831. The van der Waals surface area contributed by atoms with Gasteiger partial charge in [0.05, 0.1) is 4.90 Å². The van der Waals surface area contributed by atoms with Crippen LogP contribution in [0, 0.1) is 0 Å². The monoisotopic (exact) mass is 238 g/mol. The Morgan fingerprint density at radius 1 is 1.38 bits per heavy atom. The minimum atomic E-state index is -3.42. The van der Waals surface area contributed by atoms with Gasteiger partial charge in [-0.1, -0.05) is 17.7 Å². The lowest BCUT2D eigenvalue weighted by Crippen LogP contribution is -2.11. The van der Waals surface area contributed by atoms with Gasteiger partial charge in [0.15, 0.2) is 9.84 Å². The Kier molecular flexibility index (Phi) is 3.22. The molecule has 0 saturated heterocycles. The van der Waals surface area contributed by atoms with E-state index in [0.29, 0.717) is 5.02 Å². The summed E-state index contributed by atoms with van der Waals surface area (Å²) in [5, 5.41) is 0.387. The van der Waals surface area contributed by atoms with Crippen LogP contribution in [0.2, 0.25) is 5.02 Å². The molecular formula is C8H8Cl2O2S. The summed E-state index contributed by atoms with van der Waals surface area (Å²) in [6.07, 6.45) is 0. The maximum Gasteiger partial charge on any atom is 0.194 e. The zero-order chi connectivity index (χ0) is 10.1. The van der Waals surface area contributed by atoms with Gasteiger partial charge in [0, 0.05) is 5.02 Å². The van der Waals surface area contributed by atoms with Gasteiger partial charge in [-0.25, -0.2) is 8.42 Å². The molecule has 72 valence electrons. The van der Waals surface area contributed by atoms with Gasteiger partial charge >= 0.3 is 0 Å². The molecule has 0 saturated carbocycles. The first-order valence-electron chi connectivity index (χ1n) is 3.58. The van der Waals surface area contributed by atoms with Crippen molar-refractivity contribution in [1.82, 2.24) is 0 Å². The molecule has 1 atom stereocenters. The Morgan fingerprint density at radius 2 is 2.00 bits per heavy atom. The quantitative estimate of drug-likeness (QED) is 0.743. The minimum absolute atomic E-state index is 0.155. The lowest BCUT2D eigenvalue weighted by molar-refractivity contribution is 0.594. The third-order valence-electron chi connectivity index (χ3n) is 1.55. The number of sulfone groups is 1. The average molecular weight is 239 g/mol. The standard InChI is InChI=1S/C8H8Cl2O2S/c1-6(9)13(11,12)8-4-2-3-7(10)5-8/h2-6H,1H3/t6-/m0/s1. The Balaban J connectivity index is 3.24. The summed E-state index contributed by atoms with van der Waals surface area (Å²) < 4.78 is 22.0. The first-order valence-corrected chi connectivity index (χ1v) is 5.94.